The van der Waals surface area contributed by atoms with Crippen LogP contribution in [0.25, 0.3) is 0 Å². The zero-order valence-electron chi connectivity index (χ0n) is 10.4. The van der Waals surface area contributed by atoms with Crippen LogP contribution in [-0.4, -0.2) is 13.6 Å². The van der Waals surface area contributed by atoms with Crippen molar-refractivity contribution in [3.05, 3.63) is 35.4 Å². The Bertz CT molecular complexity index is 279. The fourth-order valence-electron chi connectivity index (χ4n) is 1.64. The van der Waals surface area contributed by atoms with Crippen LogP contribution >= 0.6 is 0 Å². The topological polar surface area (TPSA) is 12.0 Å². The first-order chi connectivity index (χ1) is 7.04. The Morgan fingerprint density at radius 3 is 2.13 bits per heavy atom. The van der Waals surface area contributed by atoms with E-state index >= 15 is 0 Å². The van der Waals surface area contributed by atoms with Crippen LogP contribution in [-0.2, 0) is 11.8 Å². The normalized spacial score (nSPS) is 11.7. The molecule has 1 rings (SSSR count). The van der Waals surface area contributed by atoms with Gasteiger partial charge in [-0.25, -0.2) is 0 Å². The van der Waals surface area contributed by atoms with Gasteiger partial charge in [0.1, 0.15) is 0 Å². The first kappa shape index (κ1) is 12.3. The predicted octanol–water partition coefficient (Wildman–Crippen LogP) is 3.14. The van der Waals surface area contributed by atoms with Crippen molar-refractivity contribution in [2.75, 3.05) is 13.6 Å². The van der Waals surface area contributed by atoms with Gasteiger partial charge in [0.2, 0.25) is 0 Å². The largest absolute Gasteiger partial charge is 0.320 e. The van der Waals surface area contributed by atoms with Gasteiger partial charge in [-0.05, 0) is 43.0 Å². The summed E-state index contributed by atoms with van der Waals surface area (Å²) in [5.74, 6) is 0. The van der Waals surface area contributed by atoms with E-state index in [0.29, 0.717) is 0 Å². The molecule has 15 heavy (non-hydrogen) atoms. The average Bonchev–Trinajstić information content (AvgIpc) is 2.18. The maximum Gasteiger partial charge on any atom is -0.00488 e. The van der Waals surface area contributed by atoms with Crippen LogP contribution in [0.15, 0.2) is 24.3 Å². The van der Waals surface area contributed by atoms with Crippen molar-refractivity contribution in [3.63, 3.8) is 0 Å². The number of nitrogens with one attached hydrogen (secondary N) is 1. The minimum absolute atomic E-state index is 0.267. The average molecular weight is 205 g/mol. The van der Waals surface area contributed by atoms with Gasteiger partial charge in [0.05, 0.1) is 0 Å². The van der Waals surface area contributed by atoms with E-state index in [4.69, 9.17) is 0 Å². The Balaban J connectivity index is 2.57. The molecule has 1 nitrogen and oxygen atoms in total. The van der Waals surface area contributed by atoms with Gasteiger partial charge in [-0.1, -0.05) is 45.0 Å². The summed E-state index contributed by atoms with van der Waals surface area (Å²) in [6.07, 6.45) is 2.39. The van der Waals surface area contributed by atoms with Crippen molar-refractivity contribution >= 4 is 0 Å². The molecule has 0 spiro atoms. The Morgan fingerprint density at radius 2 is 1.67 bits per heavy atom. The van der Waals surface area contributed by atoms with Gasteiger partial charge in [0, 0.05) is 0 Å². The third-order valence-electron chi connectivity index (χ3n) is 2.71. The highest BCUT2D eigenvalue weighted by molar-refractivity contribution is 5.27. The Hall–Kier alpha value is -0.820. The molecule has 0 saturated heterocycles. The molecule has 1 N–H and O–H groups in total. The van der Waals surface area contributed by atoms with Crippen LogP contribution in [0.2, 0.25) is 0 Å². The van der Waals surface area contributed by atoms with E-state index in [1.54, 1.807) is 0 Å². The third kappa shape index (κ3) is 4.05. The van der Waals surface area contributed by atoms with Crippen LogP contribution in [0.4, 0.5) is 0 Å². The smallest absolute Gasteiger partial charge is 0.00488 e. The molecule has 1 aromatic carbocycles. The zero-order chi connectivity index (χ0) is 11.3. The monoisotopic (exact) mass is 205 g/mol. The fourth-order valence-corrected chi connectivity index (χ4v) is 1.64. The predicted molar refractivity (Wildman–Crippen MR) is 67.4 cm³/mol. The molecule has 0 unspecified atom stereocenters. The molecular weight excluding hydrogens is 182 g/mol. The SMILES string of the molecule is CNCCCc1ccc(C(C)(C)C)cc1. The Kier molecular flexibility index (Phi) is 4.34. The lowest BCUT2D eigenvalue weighted by Gasteiger charge is -2.19. The molecule has 0 heterocycles. The molecule has 1 heteroatoms. The quantitative estimate of drug-likeness (QED) is 0.745. The van der Waals surface area contributed by atoms with E-state index in [2.05, 4.69) is 50.4 Å². The van der Waals surface area contributed by atoms with Crippen molar-refractivity contribution in [2.45, 2.75) is 39.0 Å². The van der Waals surface area contributed by atoms with Crippen LogP contribution in [0.3, 0.4) is 0 Å². The van der Waals surface area contributed by atoms with Crippen molar-refractivity contribution in [2.24, 2.45) is 0 Å². The summed E-state index contributed by atoms with van der Waals surface area (Å²) >= 11 is 0. The second kappa shape index (κ2) is 5.32. The van der Waals surface area contributed by atoms with E-state index in [1.807, 2.05) is 7.05 Å². The van der Waals surface area contributed by atoms with Gasteiger partial charge in [0.25, 0.3) is 0 Å². The van der Waals surface area contributed by atoms with Gasteiger partial charge in [0.15, 0.2) is 0 Å². The van der Waals surface area contributed by atoms with Gasteiger partial charge in [-0.15, -0.1) is 0 Å². The highest BCUT2D eigenvalue weighted by Crippen LogP contribution is 2.22. The summed E-state index contributed by atoms with van der Waals surface area (Å²) < 4.78 is 0. The molecule has 1 aromatic rings. The summed E-state index contributed by atoms with van der Waals surface area (Å²) in [7, 11) is 2.00. The van der Waals surface area contributed by atoms with E-state index in [1.165, 1.54) is 24.0 Å². The molecule has 0 saturated carbocycles. The molecule has 0 radical (unpaired) electrons. The van der Waals surface area contributed by atoms with Gasteiger partial charge < -0.3 is 5.32 Å². The summed E-state index contributed by atoms with van der Waals surface area (Å²) in [5.41, 5.74) is 3.13. The first-order valence-electron chi connectivity index (χ1n) is 5.78. The maximum absolute atomic E-state index is 3.17. The highest BCUT2D eigenvalue weighted by Gasteiger charge is 2.12. The zero-order valence-corrected chi connectivity index (χ0v) is 10.4. The number of hydrogen-bond donors (Lipinski definition) is 1. The first-order valence-corrected chi connectivity index (χ1v) is 5.78. The molecule has 0 fully saturated rings. The third-order valence-corrected chi connectivity index (χ3v) is 2.71. The molecule has 84 valence electrons. The summed E-state index contributed by atoms with van der Waals surface area (Å²) in [5, 5.41) is 3.17. The molecule has 0 amide bonds. The van der Waals surface area contributed by atoms with Crippen LogP contribution in [0.1, 0.15) is 38.3 Å². The highest BCUT2D eigenvalue weighted by atomic mass is 14.8. The Labute approximate surface area is 93.9 Å². The number of aryl methyl sites for hydroxylation is 1. The van der Waals surface area contributed by atoms with E-state index in [9.17, 15) is 0 Å². The van der Waals surface area contributed by atoms with Crippen molar-refractivity contribution in [3.8, 4) is 0 Å². The van der Waals surface area contributed by atoms with Gasteiger partial charge in [-0.3, -0.25) is 0 Å². The maximum atomic E-state index is 3.17. The van der Waals surface area contributed by atoms with Crippen molar-refractivity contribution in [1.82, 2.24) is 5.32 Å². The van der Waals surface area contributed by atoms with Crippen molar-refractivity contribution in [1.29, 1.82) is 0 Å². The fraction of sp³-hybridized carbons (Fsp3) is 0.571. The summed E-state index contributed by atoms with van der Waals surface area (Å²) in [4.78, 5) is 0. The van der Waals surface area contributed by atoms with E-state index < -0.39 is 0 Å². The second-order valence-electron chi connectivity index (χ2n) is 5.15. The molecule has 0 atom stereocenters. The Morgan fingerprint density at radius 1 is 1.07 bits per heavy atom. The summed E-state index contributed by atoms with van der Waals surface area (Å²) in [6, 6.07) is 9.04. The van der Waals surface area contributed by atoms with Crippen LogP contribution in [0.5, 0.6) is 0 Å². The van der Waals surface area contributed by atoms with Gasteiger partial charge >= 0.3 is 0 Å². The minimum Gasteiger partial charge on any atom is -0.320 e. The molecule has 0 aliphatic heterocycles. The minimum atomic E-state index is 0.267. The lowest BCUT2D eigenvalue weighted by molar-refractivity contribution is 0.590. The lowest BCUT2D eigenvalue weighted by Crippen LogP contribution is -2.11. The molecular formula is C14H23N. The van der Waals surface area contributed by atoms with E-state index in [-0.39, 0.29) is 5.41 Å². The molecule has 0 aliphatic rings. The summed E-state index contributed by atoms with van der Waals surface area (Å²) in [6.45, 7) is 7.86. The number of hydrogen-bond acceptors (Lipinski definition) is 1. The van der Waals surface area contributed by atoms with Crippen molar-refractivity contribution < 1.29 is 0 Å². The number of benzene rings is 1. The van der Waals surface area contributed by atoms with E-state index in [0.717, 1.165) is 6.54 Å². The van der Waals surface area contributed by atoms with Crippen LogP contribution < -0.4 is 5.32 Å². The molecule has 0 aromatic heterocycles. The molecule has 0 aliphatic carbocycles. The van der Waals surface area contributed by atoms with Crippen LogP contribution in [0, 0.1) is 0 Å². The lowest BCUT2D eigenvalue weighted by atomic mass is 9.86. The second-order valence-corrected chi connectivity index (χ2v) is 5.15. The number of rotatable bonds is 4. The standard InChI is InChI=1S/C14H23N/c1-14(2,3)13-9-7-12(8-10-13)6-5-11-15-4/h7-10,15H,5-6,11H2,1-4H3. The molecule has 0 bridgehead atoms. The van der Waals surface area contributed by atoms with Gasteiger partial charge in [-0.2, -0.15) is 0 Å².